The summed E-state index contributed by atoms with van der Waals surface area (Å²) in [5.41, 5.74) is 1.86. The number of nitrogens with one attached hydrogen (secondary N) is 1. The Morgan fingerprint density at radius 1 is 1.07 bits per heavy atom. The SMILES string of the molecule is COCCOC1CCC(N2CCC(n3c(=O)[nH]c4cc(F)c(C)cc43)CC2)CC1.Cl. The maximum absolute atomic E-state index is 13.9. The van der Waals surface area contributed by atoms with Crippen molar-refractivity contribution in [1.82, 2.24) is 14.5 Å². The van der Waals surface area contributed by atoms with Gasteiger partial charge in [0.15, 0.2) is 0 Å². The van der Waals surface area contributed by atoms with E-state index in [1.165, 1.54) is 18.9 Å². The molecular formula is C22H33ClFN3O3. The number of aromatic amines is 1. The zero-order valence-electron chi connectivity index (χ0n) is 17.9. The summed E-state index contributed by atoms with van der Waals surface area (Å²) in [6.07, 6.45) is 6.84. The lowest BCUT2D eigenvalue weighted by Crippen LogP contribution is -2.45. The highest BCUT2D eigenvalue weighted by molar-refractivity contribution is 5.85. The molecule has 1 aliphatic carbocycles. The molecule has 2 fully saturated rings. The first kappa shape index (κ1) is 23.3. The van der Waals surface area contributed by atoms with Crippen LogP contribution in [0.15, 0.2) is 16.9 Å². The van der Waals surface area contributed by atoms with Crippen molar-refractivity contribution in [3.63, 3.8) is 0 Å². The van der Waals surface area contributed by atoms with Crippen molar-refractivity contribution >= 4 is 23.4 Å². The Morgan fingerprint density at radius 3 is 2.43 bits per heavy atom. The van der Waals surface area contributed by atoms with Gasteiger partial charge in [-0.3, -0.25) is 4.57 Å². The van der Waals surface area contributed by atoms with Crippen molar-refractivity contribution in [3.8, 4) is 0 Å². The maximum Gasteiger partial charge on any atom is 0.326 e. The third-order valence-corrected chi connectivity index (χ3v) is 6.66. The molecule has 0 amide bonds. The number of ether oxygens (including phenoxy) is 2. The van der Waals surface area contributed by atoms with E-state index in [-0.39, 0.29) is 30.0 Å². The number of hydrogen-bond acceptors (Lipinski definition) is 4. The summed E-state index contributed by atoms with van der Waals surface area (Å²) in [6, 6.07) is 4.02. The molecule has 0 radical (unpaired) electrons. The summed E-state index contributed by atoms with van der Waals surface area (Å²) in [5.74, 6) is -0.275. The van der Waals surface area contributed by atoms with Gasteiger partial charge in [-0.15, -0.1) is 12.4 Å². The molecule has 1 aromatic heterocycles. The average Bonchev–Trinajstić information content (AvgIpc) is 3.04. The van der Waals surface area contributed by atoms with E-state index < -0.39 is 0 Å². The maximum atomic E-state index is 13.9. The molecule has 0 atom stereocenters. The van der Waals surface area contributed by atoms with Crippen molar-refractivity contribution in [3.05, 3.63) is 34.0 Å². The van der Waals surface area contributed by atoms with Crippen LogP contribution in [0, 0.1) is 12.7 Å². The number of nitrogens with zero attached hydrogens (tertiary/aromatic N) is 2. The lowest BCUT2D eigenvalue weighted by molar-refractivity contribution is -0.0173. The minimum atomic E-state index is -0.275. The number of H-pyrrole nitrogens is 1. The molecule has 4 rings (SSSR count). The Morgan fingerprint density at radius 2 is 1.77 bits per heavy atom. The normalized spacial score (nSPS) is 23.6. The fraction of sp³-hybridized carbons (Fsp3) is 0.682. The summed E-state index contributed by atoms with van der Waals surface area (Å²) in [6.45, 7) is 5.09. The van der Waals surface area contributed by atoms with Crippen molar-refractivity contribution in [2.75, 3.05) is 33.4 Å². The number of imidazole rings is 1. The highest BCUT2D eigenvalue weighted by Gasteiger charge is 2.30. The second-order valence-electron chi connectivity index (χ2n) is 8.48. The van der Waals surface area contributed by atoms with Gasteiger partial charge in [-0.1, -0.05) is 0 Å². The van der Waals surface area contributed by atoms with Crippen LogP contribution in [0.5, 0.6) is 0 Å². The monoisotopic (exact) mass is 441 g/mol. The number of fused-ring (bicyclic) bond motifs is 1. The van der Waals surface area contributed by atoms with Crippen LogP contribution in [-0.4, -0.2) is 60.0 Å². The van der Waals surface area contributed by atoms with E-state index in [1.807, 2.05) is 4.57 Å². The van der Waals surface area contributed by atoms with Crippen LogP contribution < -0.4 is 5.69 Å². The molecule has 2 heterocycles. The van der Waals surface area contributed by atoms with Crippen LogP contribution in [0.3, 0.4) is 0 Å². The van der Waals surface area contributed by atoms with Gasteiger partial charge in [-0.25, -0.2) is 9.18 Å². The molecular weight excluding hydrogens is 409 g/mol. The number of methoxy groups -OCH3 is 1. The molecule has 8 heteroatoms. The van der Waals surface area contributed by atoms with Crippen LogP contribution in [0.25, 0.3) is 11.0 Å². The van der Waals surface area contributed by atoms with Crippen LogP contribution in [-0.2, 0) is 9.47 Å². The van der Waals surface area contributed by atoms with Crippen LogP contribution in [0.2, 0.25) is 0 Å². The Bertz CT molecular complexity index is 884. The fourth-order valence-electron chi connectivity index (χ4n) is 5.00. The molecule has 1 aliphatic heterocycles. The standard InChI is InChI=1S/C22H32FN3O3.ClH/c1-15-13-21-20(14-19(15)23)24-22(27)26(21)17-7-9-25(10-8-17)16-3-5-18(6-4-16)29-12-11-28-2;/h13-14,16-18H,3-12H2,1-2H3,(H,24,27);1H. The van der Waals surface area contributed by atoms with Crippen molar-refractivity contribution in [2.24, 2.45) is 0 Å². The first-order valence-corrected chi connectivity index (χ1v) is 10.8. The quantitative estimate of drug-likeness (QED) is 0.692. The first-order chi connectivity index (χ1) is 14.1. The highest BCUT2D eigenvalue weighted by Crippen LogP contribution is 2.31. The largest absolute Gasteiger partial charge is 0.382 e. The lowest BCUT2D eigenvalue weighted by Gasteiger charge is -2.41. The van der Waals surface area contributed by atoms with Crippen LogP contribution >= 0.6 is 12.4 Å². The number of likely N-dealkylation sites (tertiary alicyclic amines) is 1. The van der Waals surface area contributed by atoms with E-state index in [0.717, 1.165) is 44.3 Å². The number of piperidine rings is 1. The van der Waals surface area contributed by atoms with Crippen molar-refractivity contribution in [2.45, 2.75) is 63.6 Å². The van der Waals surface area contributed by atoms with E-state index in [4.69, 9.17) is 9.47 Å². The predicted molar refractivity (Wildman–Crippen MR) is 118 cm³/mol. The molecule has 0 unspecified atom stereocenters. The molecule has 1 saturated carbocycles. The number of hydrogen-bond donors (Lipinski definition) is 1. The summed E-state index contributed by atoms with van der Waals surface area (Å²) < 4.78 is 26.6. The van der Waals surface area contributed by atoms with Crippen molar-refractivity contribution in [1.29, 1.82) is 0 Å². The summed E-state index contributed by atoms with van der Waals surface area (Å²) in [7, 11) is 1.70. The third kappa shape index (κ3) is 4.90. The Balaban J connectivity index is 0.00000256. The van der Waals surface area contributed by atoms with Gasteiger partial charge in [0.05, 0.1) is 30.4 Å². The summed E-state index contributed by atoms with van der Waals surface area (Å²) >= 11 is 0. The van der Waals surface area contributed by atoms with E-state index in [1.54, 1.807) is 20.1 Å². The minimum absolute atomic E-state index is 0. The molecule has 0 bridgehead atoms. The predicted octanol–water partition coefficient (Wildman–Crippen LogP) is 3.81. The number of benzene rings is 1. The fourth-order valence-corrected chi connectivity index (χ4v) is 5.00. The Labute approximate surface area is 183 Å². The minimum Gasteiger partial charge on any atom is -0.382 e. The highest BCUT2D eigenvalue weighted by atomic mass is 35.5. The van der Waals surface area contributed by atoms with Gasteiger partial charge in [0, 0.05) is 32.3 Å². The zero-order chi connectivity index (χ0) is 20.4. The first-order valence-electron chi connectivity index (χ1n) is 10.8. The van der Waals surface area contributed by atoms with Gasteiger partial charge in [-0.05, 0) is 63.1 Å². The van der Waals surface area contributed by atoms with Crippen LogP contribution in [0.1, 0.15) is 50.1 Å². The van der Waals surface area contributed by atoms with E-state index in [9.17, 15) is 9.18 Å². The van der Waals surface area contributed by atoms with E-state index >= 15 is 0 Å². The Kier molecular flexibility index (Phi) is 7.96. The van der Waals surface area contributed by atoms with Crippen LogP contribution in [0.4, 0.5) is 4.39 Å². The molecule has 0 spiro atoms. The Hall–Kier alpha value is -1.41. The second kappa shape index (κ2) is 10.3. The van der Waals surface area contributed by atoms with Gasteiger partial charge in [0.1, 0.15) is 5.82 Å². The van der Waals surface area contributed by atoms with E-state index in [0.29, 0.717) is 36.4 Å². The lowest BCUT2D eigenvalue weighted by atomic mass is 9.90. The molecule has 6 nitrogen and oxygen atoms in total. The molecule has 2 aliphatic rings. The number of aromatic nitrogens is 2. The zero-order valence-corrected chi connectivity index (χ0v) is 18.7. The molecule has 1 aromatic carbocycles. The van der Waals surface area contributed by atoms with Gasteiger partial charge < -0.3 is 19.4 Å². The molecule has 168 valence electrons. The topological polar surface area (TPSA) is 59.5 Å². The second-order valence-corrected chi connectivity index (χ2v) is 8.48. The average molecular weight is 442 g/mol. The van der Waals surface area contributed by atoms with Gasteiger partial charge in [0.25, 0.3) is 0 Å². The molecule has 1 saturated heterocycles. The molecule has 2 aromatic rings. The third-order valence-electron chi connectivity index (χ3n) is 6.66. The van der Waals surface area contributed by atoms with Gasteiger partial charge in [0.2, 0.25) is 0 Å². The summed E-state index contributed by atoms with van der Waals surface area (Å²) in [4.78, 5) is 18.0. The summed E-state index contributed by atoms with van der Waals surface area (Å²) in [5, 5.41) is 0. The van der Waals surface area contributed by atoms with Gasteiger partial charge >= 0.3 is 5.69 Å². The number of halogens is 2. The molecule has 30 heavy (non-hydrogen) atoms. The molecule has 1 N–H and O–H groups in total. The van der Waals surface area contributed by atoms with Crippen molar-refractivity contribution < 1.29 is 13.9 Å². The number of rotatable bonds is 6. The van der Waals surface area contributed by atoms with Gasteiger partial charge in [-0.2, -0.15) is 0 Å². The number of aryl methyl sites for hydroxylation is 1. The van der Waals surface area contributed by atoms with E-state index in [2.05, 4.69) is 9.88 Å². The smallest absolute Gasteiger partial charge is 0.326 e.